The van der Waals surface area contributed by atoms with Gasteiger partial charge in [0.25, 0.3) is 0 Å². The quantitative estimate of drug-likeness (QED) is 0.829. The Kier molecular flexibility index (Phi) is 3.59. The maximum atomic E-state index is 12.4. The minimum absolute atomic E-state index is 0.357. The van der Waals surface area contributed by atoms with E-state index in [9.17, 15) is 4.79 Å². The van der Waals surface area contributed by atoms with Crippen molar-refractivity contribution in [2.45, 2.75) is 51.4 Å². The van der Waals surface area contributed by atoms with Crippen LogP contribution in [-0.2, 0) is 4.79 Å². The highest BCUT2D eigenvalue weighted by atomic mass is 16.2. The first-order valence-electron chi connectivity index (χ1n) is 8.04. The second-order valence-corrected chi connectivity index (χ2v) is 7.55. The van der Waals surface area contributed by atoms with E-state index in [1.165, 1.54) is 38.5 Å². The van der Waals surface area contributed by atoms with Crippen molar-refractivity contribution in [3.8, 4) is 0 Å². The predicted molar refractivity (Wildman–Crippen MR) is 76.5 cm³/mol. The molecular weight excluding hydrogens is 236 g/mol. The molecule has 0 aromatic carbocycles. The van der Waals surface area contributed by atoms with E-state index < -0.39 is 0 Å². The summed E-state index contributed by atoms with van der Waals surface area (Å²) in [6.45, 7) is 1.50. The summed E-state index contributed by atoms with van der Waals surface area (Å²) < 4.78 is 0. The smallest absolute Gasteiger partial charge is 0.222 e. The van der Waals surface area contributed by atoms with Crippen molar-refractivity contribution in [1.29, 1.82) is 0 Å². The number of hydrogen-bond donors (Lipinski definition) is 1. The van der Waals surface area contributed by atoms with Crippen LogP contribution in [0.1, 0.15) is 51.4 Å². The Morgan fingerprint density at radius 2 is 1.68 bits per heavy atom. The number of carbonyl (C=O) groups is 1. The van der Waals surface area contributed by atoms with Gasteiger partial charge in [0.1, 0.15) is 0 Å². The molecule has 0 aliphatic heterocycles. The maximum absolute atomic E-state index is 12.4. The Balaban J connectivity index is 1.61. The van der Waals surface area contributed by atoms with Crippen molar-refractivity contribution in [3.63, 3.8) is 0 Å². The average Bonchev–Trinajstić information content (AvgIpc) is 2.33. The van der Waals surface area contributed by atoms with Crippen LogP contribution in [0.2, 0.25) is 0 Å². The summed E-state index contributed by atoms with van der Waals surface area (Å²) in [4.78, 5) is 14.3. The summed E-state index contributed by atoms with van der Waals surface area (Å²) in [6.07, 6.45) is 10.1. The van der Waals surface area contributed by atoms with E-state index in [1.807, 2.05) is 11.9 Å². The summed E-state index contributed by atoms with van der Waals surface area (Å²) in [6, 6.07) is 0. The normalized spacial score (nSPS) is 39.6. The zero-order valence-corrected chi connectivity index (χ0v) is 12.2. The van der Waals surface area contributed by atoms with Gasteiger partial charge in [-0.15, -0.1) is 0 Å². The largest absolute Gasteiger partial charge is 0.346 e. The highest BCUT2D eigenvalue weighted by molar-refractivity contribution is 5.76. The molecule has 4 saturated carbocycles. The average molecular weight is 264 g/mol. The van der Waals surface area contributed by atoms with Crippen LogP contribution in [0.5, 0.6) is 0 Å². The highest BCUT2D eigenvalue weighted by Crippen LogP contribution is 2.61. The van der Waals surface area contributed by atoms with Gasteiger partial charge in [0.05, 0.1) is 0 Å². The van der Waals surface area contributed by atoms with E-state index in [-0.39, 0.29) is 0 Å². The van der Waals surface area contributed by atoms with E-state index >= 15 is 0 Å². The fraction of sp³-hybridized carbons (Fsp3) is 0.938. The van der Waals surface area contributed by atoms with Gasteiger partial charge in [-0.1, -0.05) is 0 Å². The monoisotopic (exact) mass is 264 g/mol. The van der Waals surface area contributed by atoms with Gasteiger partial charge in [0, 0.05) is 20.0 Å². The minimum atomic E-state index is 0.357. The molecule has 108 valence electrons. The Bertz CT molecular complexity index is 317. The van der Waals surface area contributed by atoms with Crippen LogP contribution in [0.4, 0.5) is 0 Å². The van der Waals surface area contributed by atoms with Crippen molar-refractivity contribution in [2.75, 3.05) is 20.1 Å². The molecule has 4 fully saturated rings. The molecular formula is C16H28N2O. The van der Waals surface area contributed by atoms with Crippen LogP contribution < -0.4 is 5.73 Å². The van der Waals surface area contributed by atoms with Gasteiger partial charge in [0.2, 0.25) is 5.91 Å². The van der Waals surface area contributed by atoms with Gasteiger partial charge in [-0.2, -0.15) is 0 Å². The van der Waals surface area contributed by atoms with Gasteiger partial charge < -0.3 is 10.6 Å². The Morgan fingerprint density at radius 3 is 2.16 bits per heavy atom. The van der Waals surface area contributed by atoms with Crippen LogP contribution >= 0.6 is 0 Å². The van der Waals surface area contributed by atoms with E-state index in [4.69, 9.17) is 5.73 Å². The van der Waals surface area contributed by atoms with E-state index in [2.05, 4.69) is 0 Å². The van der Waals surface area contributed by atoms with Gasteiger partial charge in [-0.3, -0.25) is 4.79 Å². The summed E-state index contributed by atoms with van der Waals surface area (Å²) in [5.74, 6) is 3.17. The molecule has 0 saturated heterocycles. The predicted octanol–water partition coefficient (Wildman–Crippen LogP) is 2.40. The third-order valence-electron chi connectivity index (χ3n) is 5.81. The minimum Gasteiger partial charge on any atom is -0.346 e. The fourth-order valence-electron chi connectivity index (χ4n) is 5.42. The third-order valence-corrected chi connectivity index (χ3v) is 5.81. The molecule has 3 nitrogen and oxygen atoms in total. The van der Waals surface area contributed by atoms with Crippen LogP contribution in [0, 0.1) is 23.2 Å². The molecule has 0 atom stereocenters. The second-order valence-electron chi connectivity index (χ2n) is 7.55. The molecule has 2 N–H and O–H groups in total. The van der Waals surface area contributed by atoms with Crippen molar-refractivity contribution < 1.29 is 4.79 Å². The molecule has 19 heavy (non-hydrogen) atoms. The lowest BCUT2D eigenvalue weighted by atomic mass is 9.49. The molecule has 4 aliphatic carbocycles. The molecule has 4 rings (SSSR count). The third kappa shape index (κ3) is 2.67. The van der Waals surface area contributed by atoms with E-state index in [1.54, 1.807) is 0 Å². The summed E-state index contributed by atoms with van der Waals surface area (Å²) in [5.41, 5.74) is 5.90. The van der Waals surface area contributed by atoms with Gasteiger partial charge >= 0.3 is 0 Å². The molecule has 3 heteroatoms. The summed E-state index contributed by atoms with van der Waals surface area (Å²) >= 11 is 0. The lowest BCUT2D eigenvalue weighted by Gasteiger charge is -2.56. The molecule has 0 unspecified atom stereocenters. The van der Waals surface area contributed by atoms with Crippen molar-refractivity contribution in [3.05, 3.63) is 0 Å². The Labute approximate surface area is 116 Å². The van der Waals surface area contributed by atoms with Gasteiger partial charge in [0.15, 0.2) is 0 Å². The molecule has 4 bridgehead atoms. The van der Waals surface area contributed by atoms with Crippen LogP contribution in [0.15, 0.2) is 0 Å². The lowest BCUT2D eigenvalue weighted by molar-refractivity contribution is -0.138. The zero-order valence-electron chi connectivity index (χ0n) is 12.2. The van der Waals surface area contributed by atoms with Crippen molar-refractivity contribution in [1.82, 2.24) is 4.90 Å². The number of nitrogens with zero attached hydrogens (tertiary/aromatic N) is 1. The molecule has 4 aliphatic rings. The van der Waals surface area contributed by atoms with Gasteiger partial charge in [-0.05, 0) is 74.7 Å². The van der Waals surface area contributed by atoms with Crippen LogP contribution in [0.3, 0.4) is 0 Å². The van der Waals surface area contributed by atoms with E-state index in [0.29, 0.717) is 17.9 Å². The molecule has 0 radical (unpaired) electrons. The summed E-state index contributed by atoms with van der Waals surface area (Å²) in [7, 11) is 1.94. The Morgan fingerprint density at radius 1 is 1.16 bits per heavy atom. The number of carbonyl (C=O) groups excluding carboxylic acids is 1. The highest BCUT2D eigenvalue weighted by Gasteiger charge is 2.51. The standard InChI is InChI=1S/C16H28N2O/c1-18(4-2-3-17)15(19)11-16-8-12-5-13(9-16)7-14(6-12)10-16/h12-14H,2-11,17H2,1H3. The van der Waals surface area contributed by atoms with Crippen LogP contribution in [0.25, 0.3) is 0 Å². The zero-order chi connectivity index (χ0) is 13.5. The van der Waals surface area contributed by atoms with E-state index in [0.717, 1.165) is 37.1 Å². The van der Waals surface area contributed by atoms with Crippen molar-refractivity contribution >= 4 is 5.91 Å². The summed E-state index contributed by atoms with van der Waals surface area (Å²) in [5, 5.41) is 0. The number of nitrogens with two attached hydrogens (primary N) is 1. The van der Waals surface area contributed by atoms with Crippen LogP contribution in [-0.4, -0.2) is 30.9 Å². The topological polar surface area (TPSA) is 46.3 Å². The maximum Gasteiger partial charge on any atom is 0.222 e. The first-order valence-corrected chi connectivity index (χ1v) is 8.04. The molecule has 0 heterocycles. The lowest BCUT2D eigenvalue weighted by Crippen LogP contribution is -2.48. The number of amides is 1. The number of hydrogen-bond acceptors (Lipinski definition) is 2. The Hall–Kier alpha value is -0.570. The molecule has 0 aromatic rings. The molecule has 0 spiro atoms. The fourth-order valence-corrected chi connectivity index (χ4v) is 5.42. The van der Waals surface area contributed by atoms with Gasteiger partial charge in [-0.25, -0.2) is 0 Å². The number of rotatable bonds is 5. The SMILES string of the molecule is CN(CCCN)C(=O)CC12CC3CC(CC(C3)C1)C2. The first-order chi connectivity index (χ1) is 9.10. The first kappa shape index (κ1) is 13.4. The second kappa shape index (κ2) is 5.08. The van der Waals surface area contributed by atoms with Crippen molar-refractivity contribution in [2.24, 2.45) is 28.9 Å². The molecule has 1 amide bonds. The molecule has 0 aromatic heterocycles.